The van der Waals surface area contributed by atoms with E-state index in [9.17, 15) is 4.39 Å². The smallest absolute Gasteiger partial charge is 0.165 e. The largest absolute Gasteiger partial charge is 0.488 e. The van der Waals surface area contributed by atoms with E-state index in [1.165, 1.54) is 11.0 Å². The van der Waals surface area contributed by atoms with Crippen molar-refractivity contribution in [3.63, 3.8) is 0 Å². The molecule has 3 atom stereocenters. The fourth-order valence-corrected chi connectivity index (χ4v) is 2.68. The molecule has 5 heteroatoms. The number of halogens is 1. The van der Waals surface area contributed by atoms with Crippen LogP contribution < -0.4 is 9.64 Å². The Morgan fingerprint density at radius 2 is 1.86 bits per heavy atom. The first kappa shape index (κ1) is 16.2. The van der Waals surface area contributed by atoms with Gasteiger partial charge in [-0.2, -0.15) is 0 Å². The molecule has 1 unspecified atom stereocenters. The van der Waals surface area contributed by atoms with Gasteiger partial charge >= 0.3 is 0 Å². The molecule has 1 saturated heterocycles. The molecule has 4 nitrogen and oxygen atoms in total. The van der Waals surface area contributed by atoms with Gasteiger partial charge in [0.05, 0.1) is 13.2 Å². The summed E-state index contributed by atoms with van der Waals surface area (Å²) in [6, 6.07) is 6.41. The van der Waals surface area contributed by atoms with Gasteiger partial charge in [0.1, 0.15) is 38.4 Å². The number of hydrogen-bond donors (Lipinski definition) is 1. The first-order valence-corrected chi connectivity index (χ1v) is 7.59. The Hall–Kier alpha value is -1.17. The Labute approximate surface area is 125 Å². The van der Waals surface area contributed by atoms with Gasteiger partial charge in [-0.3, -0.25) is 0 Å². The minimum Gasteiger partial charge on any atom is -0.488 e. The molecule has 0 spiro atoms. The molecular weight excluding hydrogens is 273 g/mol. The van der Waals surface area contributed by atoms with Crippen LogP contribution in [-0.2, 0) is 9.47 Å². The average Bonchev–Trinajstić information content (AvgIpc) is 2.43. The molecule has 1 aromatic carbocycles. The molecule has 0 aliphatic carbocycles. The molecule has 1 aromatic rings. The van der Waals surface area contributed by atoms with Crippen molar-refractivity contribution in [1.82, 2.24) is 0 Å². The van der Waals surface area contributed by atoms with Crippen LogP contribution in [0.1, 0.15) is 13.8 Å². The number of benzene rings is 1. The van der Waals surface area contributed by atoms with Gasteiger partial charge < -0.3 is 19.1 Å². The van der Waals surface area contributed by atoms with Crippen molar-refractivity contribution in [1.29, 1.82) is 0 Å². The summed E-state index contributed by atoms with van der Waals surface area (Å²) in [6.45, 7) is 8.78. The molecule has 0 bridgehead atoms. The van der Waals surface area contributed by atoms with Crippen LogP contribution in [0, 0.1) is 5.82 Å². The van der Waals surface area contributed by atoms with E-state index in [1.54, 1.807) is 18.2 Å². The van der Waals surface area contributed by atoms with Crippen molar-refractivity contribution in [2.75, 3.05) is 39.5 Å². The highest BCUT2D eigenvalue weighted by atomic mass is 19.1. The molecule has 0 amide bonds. The standard InChI is InChI=1S/C16H24FNO3/c1-13-11-18(12-14(2)21-13)7-8-19-9-10-20-16-6-4-3-5-15(16)17/h3-6,13-14H,7-12H2,1-2H3/p+1/t13-,14+. The first-order valence-electron chi connectivity index (χ1n) is 7.59. The van der Waals surface area contributed by atoms with Crippen LogP contribution in [0.2, 0.25) is 0 Å². The van der Waals surface area contributed by atoms with Crippen molar-refractivity contribution < 1.29 is 23.5 Å². The lowest BCUT2D eigenvalue weighted by atomic mass is 10.2. The number of para-hydroxylation sites is 1. The molecule has 1 aliphatic heterocycles. The highest BCUT2D eigenvalue weighted by Gasteiger charge is 2.24. The SMILES string of the molecule is C[C@@H]1C[NH+](CCOCCOc2ccccc2F)C[C@H](C)O1. The molecule has 118 valence electrons. The van der Waals surface area contributed by atoms with E-state index in [0.29, 0.717) is 32.0 Å². The molecule has 0 radical (unpaired) electrons. The molecule has 21 heavy (non-hydrogen) atoms. The predicted octanol–water partition coefficient (Wildman–Crippen LogP) is 0.913. The molecule has 1 aliphatic rings. The van der Waals surface area contributed by atoms with Crippen molar-refractivity contribution in [3.8, 4) is 5.75 Å². The van der Waals surface area contributed by atoms with Crippen LogP contribution in [0.25, 0.3) is 0 Å². The summed E-state index contributed by atoms with van der Waals surface area (Å²) in [7, 11) is 0. The Kier molecular flexibility index (Phi) is 6.42. The maximum Gasteiger partial charge on any atom is 0.165 e. The molecule has 2 rings (SSSR count). The van der Waals surface area contributed by atoms with Crippen LogP contribution >= 0.6 is 0 Å². The van der Waals surface area contributed by atoms with Crippen molar-refractivity contribution >= 4 is 0 Å². The van der Waals surface area contributed by atoms with E-state index in [2.05, 4.69) is 13.8 Å². The fraction of sp³-hybridized carbons (Fsp3) is 0.625. The molecular formula is C16H25FNO3+. The van der Waals surface area contributed by atoms with Gasteiger partial charge in [-0.05, 0) is 26.0 Å². The maximum absolute atomic E-state index is 13.3. The molecule has 1 N–H and O–H groups in total. The summed E-state index contributed by atoms with van der Waals surface area (Å²) in [5.74, 6) is -0.0548. The Morgan fingerprint density at radius 1 is 1.14 bits per heavy atom. The monoisotopic (exact) mass is 298 g/mol. The van der Waals surface area contributed by atoms with Gasteiger partial charge in [0, 0.05) is 0 Å². The first-order chi connectivity index (χ1) is 10.1. The highest BCUT2D eigenvalue weighted by Crippen LogP contribution is 2.14. The molecule has 0 aromatic heterocycles. The number of morpholine rings is 1. The summed E-state index contributed by atoms with van der Waals surface area (Å²) in [4.78, 5) is 1.51. The van der Waals surface area contributed by atoms with Crippen molar-refractivity contribution in [2.24, 2.45) is 0 Å². The van der Waals surface area contributed by atoms with Gasteiger partial charge in [-0.15, -0.1) is 0 Å². The lowest BCUT2D eigenvalue weighted by Crippen LogP contribution is -3.15. The Balaban J connectivity index is 1.55. The third-order valence-corrected chi connectivity index (χ3v) is 3.54. The van der Waals surface area contributed by atoms with Crippen LogP contribution in [-0.4, -0.2) is 51.7 Å². The number of hydrogen-bond acceptors (Lipinski definition) is 3. The summed E-state index contributed by atoms with van der Waals surface area (Å²) < 4.78 is 29.9. The lowest BCUT2D eigenvalue weighted by Gasteiger charge is -2.32. The third kappa shape index (κ3) is 5.61. The minimum absolute atomic E-state index is 0.280. The van der Waals surface area contributed by atoms with Crippen LogP contribution in [0.3, 0.4) is 0 Å². The lowest BCUT2D eigenvalue weighted by molar-refractivity contribution is -0.915. The maximum atomic E-state index is 13.3. The van der Waals surface area contributed by atoms with Crippen LogP contribution in [0.5, 0.6) is 5.75 Å². The van der Waals surface area contributed by atoms with Gasteiger partial charge in [0.25, 0.3) is 0 Å². The van der Waals surface area contributed by atoms with Crippen LogP contribution in [0.4, 0.5) is 4.39 Å². The fourth-order valence-electron chi connectivity index (χ4n) is 2.68. The summed E-state index contributed by atoms with van der Waals surface area (Å²) in [6.07, 6.45) is 0.626. The summed E-state index contributed by atoms with van der Waals surface area (Å²) in [5.41, 5.74) is 0. The molecule has 1 heterocycles. The number of quaternary nitrogens is 1. The zero-order chi connectivity index (χ0) is 15.1. The van der Waals surface area contributed by atoms with E-state index in [1.807, 2.05) is 0 Å². The predicted molar refractivity (Wildman–Crippen MR) is 78.3 cm³/mol. The number of ether oxygens (including phenoxy) is 3. The van der Waals surface area contributed by atoms with Crippen molar-refractivity contribution in [2.45, 2.75) is 26.1 Å². The second-order valence-electron chi connectivity index (χ2n) is 5.56. The van der Waals surface area contributed by atoms with E-state index >= 15 is 0 Å². The normalized spacial score (nSPS) is 25.8. The van der Waals surface area contributed by atoms with E-state index in [-0.39, 0.29) is 11.6 Å². The van der Waals surface area contributed by atoms with Crippen molar-refractivity contribution in [3.05, 3.63) is 30.1 Å². The van der Waals surface area contributed by atoms with E-state index < -0.39 is 0 Å². The van der Waals surface area contributed by atoms with Gasteiger partial charge in [-0.25, -0.2) is 4.39 Å². The topological polar surface area (TPSA) is 32.1 Å². The second-order valence-corrected chi connectivity index (χ2v) is 5.56. The second kappa shape index (κ2) is 8.32. The number of nitrogens with one attached hydrogen (secondary N) is 1. The van der Waals surface area contributed by atoms with Gasteiger partial charge in [0.2, 0.25) is 0 Å². The van der Waals surface area contributed by atoms with Gasteiger partial charge in [-0.1, -0.05) is 12.1 Å². The third-order valence-electron chi connectivity index (χ3n) is 3.54. The minimum atomic E-state index is -0.335. The zero-order valence-corrected chi connectivity index (χ0v) is 12.8. The van der Waals surface area contributed by atoms with E-state index in [0.717, 1.165) is 19.6 Å². The zero-order valence-electron chi connectivity index (χ0n) is 12.8. The summed E-state index contributed by atoms with van der Waals surface area (Å²) in [5, 5.41) is 0. The molecule has 1 fully saturated rings. The van der Waals surface area contributed by atoms with Gasteiger partial charge in [0.15, 0.2) is 11.6 Å². The van der Waals surface area contributed by atoms with Crippen LogP contribution in [0.15, 0.2) is 24.3 Å². The quantitative estimate of drug-likeness (QED) is 0.760. The Morgan fingerprint density at radius 3 is 2.57 bits per heavy atom. The average molecular weight is 298 g/mol. The Bertz CT molecular complexity index is 420. The summed E-state index contributed by atoms with van der Waals surface area (Å²) >= 11 is 0. The highest BCUT2D eigenvalue weighted by molar-refractivity contribution is 5.23. The van der Waals surface area contributed by atoms with E-state index in [4.69, 9.17) is 14.2 Å². The number of rotatable bonds is 7. The molecule has 0 saturated carbocycles.